The number of amides is 2. The van der Waals surface area contributed by atoms with Gasteiger partial charge in [0.2, 0.25) is 5.91 Å². The van der Waals surface area contributed by atoms with E-state index in [2.05, 4.69) is 16.0 Å². The number of nitrogens with one attached hydrogen (secondary N) is 3. The average molecular weight is 346 g/mol. The van der Waals surface area contributed by atoms with E-state index in [4.69, 9.17) is 4.74 Å². The van der Waals surface area contributed by atoms with Crippen LogP contribution in [-0.2, 0) is 9.53 Å². The molecule has 0 unspecified atom stereocenters. The lowest BCUT2D eigenvalue weighted by Gasteiger charge is -2.29. The number of rotatable bonds is 5. The van der Waals surface area contributed by atoms with Crippen LogP contribution in [0.25, 0.3) is 0 Å². The fraction of sp³-hybridized carbons (Fsp3) is 0.467. The number of halogens is 2. The van der Waals surface area contributed by atoms with Crippen molar-refractivity contribution < 1.29 is 18.7 Å². The summed E-state index contributed by atoms with van der Waals surface area (Å²) in [6.07, 6.45) is -0.178. The zero-order valence-corrected chi connectivity index (χ0v) is 13.6. The summed E-state index contributed by atoms with van der Waals surface area (Å²) in [5, 5.41) is 8.49. The molecule has 1 saturated heterocycles. The van der Waals surface area contributed by atoms with Gasteiger partial charge in [-0.3, -0.25) is 9.59 Å². The minimum atomic E-state index is -0.389. The van der Waals surface area contributed by atoms with Crippen molar-refractivity contribution in [2.45, 2.75) is 19.1 Å². The van der Waals surface area contributed by atoms with Gasteiger partial charge in [-0.15, -0.1) is 12.4 Å². The van der Waals surface area contributed by atoms with Crippen molar-refractivity contribution >= 4 is 24.2 Å². The molecular formula is C15H21ClFN3O3. The summed E-state index contributed by atoms with van der Waals surface area (Å²) in [7, 11) is 0. The molecule has 23 heavy (non-hydrogen) atoms. The Labute approximate surface area is 140 Å². The van der Waals surface area contributed by atoms with Crippen molar-refractivity contribution in [2.75, 3.05) is 26.2 Å². The lowest BCUT2D eigenvalue weighted by atomic mass is 10.1. The second-order valence-electron chi connectivity index (χ2n) is 5.06. The molecule has 2 atom stereocenters. The summed E-state index contributed by atoms with van der Waals surface area (Å²) in [6.45, 7) is 3.69. The molecule has 0 aromatic heterocycles. The van der Waals surface area contributed by atoms with Crippen molar-refractivity contribution in [3.63, 3.8) is 0 Å². The first-order valence-corrected chi connectivity index (χ1v) is 7.24. The Kier molecular flexibility index (Phi) is 7.94. The number of hydrogen-bond acceptors (Lipinski definition) is 4. The third-order valence-corrected chi connectivity index (χ3v) is 3.42. The van der Waals surface area contributed by atoms with Crippen LogP contribution in [0.1, 0.15) is 17.3 Å². The maximum atomic E-state index is 12.8. The second-order valence-corrected chi connectivity index (χ2v) is 5.06. The van der Waals surface area contributed by atoms with Crippen molar-refractivity contribution in [3.05, 3.63) is 35.6 Å². The standard InChI is InChI=1S/C15H20FN3O3.ClH/c1-10-13(17-8-9-22-10)15(21)19-7-6-18-14(20)11-2-4-12(16)5-3-11;/h2-5,10,13,17H,6-9H2,1H3,(H,18,20)(H,19,21);1H/t10-,13+;/m1./s1. The molecule has 0 aliphatic carbocycles. The van der Waals surface area contributed by atoms with Crippen molar-refractivity contribution in [1.29, 1.82) is 0 Å². The van der Waals surface area contributed by atoms with E-state index in [1.165, 1.54) is 24.3 Å². The predicted octanol–water partition coefficient (Wildman–Crippen LogP) is 0.470. The zero-order valence-electron chi connectivity index (χ0n) is 12.8. The van der Waals surface area contributed by atoms with Crippen LogP contribution in [0.3, 0.4) is 0 Å². The number of ether oxygens (including phenoxy) is 1. The van der Waals surface area contributed by atoms with Crippen LogP contribution in [0.4, 0.5) is 4.39 Å². The van der Waals surface area contributed by atoms with E-state index in [-0.39, 0.29) is 42.2 Å². The van der Waals surface area contributed by atoms with Crippen LogP contribution in [0.5, 0.6) is 0 Å². The predicted molar refractivity (Wildman–Crippen MR) is 86.2 cm³/mol. The Balaban J connectivity index is 0.00000264. The van der Waals surface area contributed by atoms with E-state index in [1.807, 2.05) is 6.92 Å². The van der Waals surface area contributed by atoms with E-state index < -0.39 is 0 Å². The number of carbonyl (C=O) groups excluding carboxylic acids is 2. The molecule has 0 spiro atoms. The molecule has 3 N–H and O–H groups in total. The molecule has 0 radical (unpaired) electrons. The summed E-state index contributed by atoms with van der Waals surface area (Å²) in [5.74, 6) is -0.842. The normalized spacial score (nSPS) is 20.3. The van der Waals surface area contributed by atoms with E-state index >= 15 is 0 Å². The van der Waals surface area contributed by atoms with Gasteiger partial charge in [-0.2, -0.15) is 0 Å². The van der Waals surface area contributed by atoms with Gasteiger partial charge < -0.3 is 20.7 Å². The molecule has 6 nitrogen and oxygen atoms in total. The second kappa shape index (κ2) is 9.44. The molecule has 1 aromatic carbocycles. The van der Waals surface area contributed by atoms with Gasteiger partial charge >= 0.3 is 0 Å². The van der Waals surface area contributed by atoms with Gasteiger partial charge in [-0.25, -0.2) is 4.39 Å². The van der Waals surface area contributed by atoms with Crippen molar-refractivity contribution in [2.24, 2.45) is 0 Å². The summed E-state index contributed by atoms with van der Waals surface area (Å²) < 4.78 is 18.2. The van der Waals surface area contributed by atoms with Gasteiger partial charge in [-0.05, 0) is 31.2 Å². The summed E-state index contributed by atoms with van der Waals surface area (Å²) >= 11 is 0. The van der Waals surface area contributed by atoms with E-state index in [1.54, 1.807) is 0 Å². The first kappa shape index (κ1) is 19.3. The Bertz CT molecular complexity index is 527. The monoisotopic (exact) mass is 345 g/mol. The van der Waals surface area contributed by atoms with Crippen molar-refractivity contribution in [3.8, 4) is 0 Å². The molecule has 128 valence electrons. The van der Waals surface area contributed by atoms with Gasteiger partial charge in [0, 0.05) is 25.2 Å². The molecule has 1 fully saturated rings. The Morgan fingerprint density at radius 3 is 2.57 bits per heavy atom. The van der Waals surface area contributed by atoms with Gasteiger partial charge in [0.25, 0.3) is 5.91 Å². The highest BCUT2D eigenvalue weighted by molar-refractivity contribution is 5.94. The van der Waals surface area contributed by atoms with Gasteiger partial charge in [0.1, 0.15) is 11.9 Å². The quantitative estimate of drug-likeness (QED) is 0.678. The third kappa shape index (κ3) is 5.78. The first-order chi connectivity index (χ1) is 10.6. The highest BCUT2D eigenvalue weighted by atomic mass is 35.5. The van der Waals surface area contributed by atoms with Crippen LogP contribution >= 0.6 is 12.4 Å². The van der Waals surface area contributed by atoms with Crippen LogP contribution in [0, 0.1) is 5.82 Å². The lowest BCUT2D eigenvalue weighted by Crippen LogP contribution is -2.56. The number of benzene rings is 1. The molecule has 0 bridgehead atoms. The molecule has 2 amide bonds. The highest BCUT2D eigenvalue weighted by Gasteiger charge is 2.27. The fourth-order valence-electron chi connectivity index (χ4n) is 2.20. The molecule has 1 aliphatic rings. The number of carbonyl (C=O) groups is 2. The maximum absolute atomic E-state index is 12.8. The van der Waals surface area contributed by atoms with Gasteiger partial charge in [0.15, 0.2) is 0 Å². The minimum Gasteiger partial charge on any atom is -0.375 e. The Morgan fingerprint density at radius 1 is 1.26 bits per heavy atom. The lowest BCUT2D eigenvalue weighted by molar-refractivity contribution is -0.128. The van der Waals surface area contributed by atoms with E-state index in [0.29, 0.717) is 31.8 Å². The highest BCUT2D eigenvalue weighted by Crippen LogP contribution is 2.04. The van der Waals surface area contributed by atoms with Crippen LogP contribution in [0.2, 0.25) is 0 Å². The fourth-order valence-corrected chi connectivity index (χ4v) is 2.20. The van der Waals surface area contributed by atoms with Gasteiger partial charge in [-0.1, -0.05) is 0 Å². The maximum Gasteiger partial charge on any atom is 0.251 e. The molecule has 2 rings (SSSR count). The number of hydrogen-bond donors (Lipinski definition) is 3. The van der Waals surface area contributed by atoms with E-state index in [9.17, 15) is 14.0 Å². The first-order valence-electron chi connectivity index (χ1n) is 7.24. The van der Waals surface area contributed by atoms with Crippen LogP contribution in [0.15, 0.2) is 24.3 Å². The van der Waals surface area contributed by atoms with Crippen molar-refractivity contribution in [1.82, 2.24) is 16.0 Å². The smallest absolute Gasteiger partial charge is 0.251 e. The molecule has 8 heteroatoms. The summed E-state index contributed by atoms with van der Waals surface area (Å²) in [6, 6.07) is 4.91. The minimum absolute atomic E-state index is 0. The molecule has 1 aliphatic heterocycles. The molecule has 0 saturated carbocycles. The summed E-state index contributed by atoms with van der Waals surface area (Å²) in [4.78, 5) is 23.7. The SMILES string of the molecule is C[C@H]1OCCN[C@@H]1C(=O)NCCNC(=O)c1ccc(F)cc1.Cl. The number of morpholine rings is 1. The average Bonchev–Trinajstić information content (AvgIpc) is 2.52. The third-order valence-electron chi connectivity index (χ3n) is 3.42. The van der Waals surface area contributed by atoms with Crippen LogP contribution < -0.4 is 16.0 Å². The molecule has 1 heterocycles. The summed E-state index contributed by atoms with van der Waals surface area (Å²) in [5.41, 5.74) is 0.378. The van der Waals surface area contributed by atoms with Crippen LogP contribution in [-0.4, -0.2) is 50.2 Å². The van der Waals surface area contributed by atoms with E-state index in [0.717, 1.165) is 0 Å². The zero-order chi connectivity index (χ0) is 15.9. The largest absolute Gasteiger partial charge is 0.375 e. The molecule has 1 aromatic rings. The Morgan fingerprint density at radius 2 is 1.91 bits per heavy atom. The topological polar surface area (TPSA) is 79.5 Å². The van der Waals surface area contributed by atoms with Gasteiger partial charge in [0.05, 0.1) is 12.7 Å². The molecular weight excluding hydrogens is 325 g/mol. The Hall–Kier alpha value is -1.70.